The lowest BCUT2D eigenvalue weighted by Gasteiger charge is -2.32. The van der Waals surface area contributed by atoms with Crippen molar-refractivity contribution >= 4 is 5.91 Å². The molecule has 2 heterocycles. The molecule has 0 radical (unpaired) electrons. The second-order valence-corrected chi connectivity index (χ2v) is 4.51. The number of nitrogens with zero attached hydrogens (tertiary/aromatic N) is 2. The molecule has 1 saturated heterocycles. The molecule has 0 aromatic carbocycles. The summed E-state index contributed by atoms with van der Waals surface area (Å²) >= 11 is 0. The number of hydrogen-bond acceptors (Lipinski definition) is 3. The Morgan fingerprint density at radius 2 is 2.44 bits per heavy atom. The van der Waals surface area contributed by atoms with E-state index < -0.39 is 0 Å². The Kier molecular flexibility index (Phi) is 3.97. The minimum Gasteiger partial charge on any atom is -0.487 e. The summed E-state index contributed by atoms with van der Waals surface area (Å²) in [7, 11) is 0. The second kappa shape index (κ2) is 5.67. The van der Waals surface area contributed by atoms with Crippen LogP contribution in [0.15, 0.2) is 31.0 Å². The van der Waals surface area contributed by atoms with Crippen molar-refractivity contribution in [1.82, 2.24) is 9.88 Å². The Bertz CT molecular complexity index is 428. The van der Waals surface area contributed by atoms with Crippen LogP contribution in [0.25, 0.3) is 0 Å². The lowest BCUT2D eigenvalue weighted by molar-refractivity contribution is -0.128. The van der Waals surface area contributed by atoms with Gasteiger partial charge in [0.1, 0.15) is 11.9 Å². The predicted octanol–water partition coefficient (Wildman–Crippen LogP) is 1.95. The number of amides is 1. The third kappa shape index (κ3) is 3.09. The van der Waals surface area contributed by atoms with E-state index in [1.165, 1.54) is 6.08 Å². The topological polar surface area (TPSA) is 42.4 Å². The number of likely N-dealkylation sites (tertiary alicyclic amines) is 1. The first kappa shape index (κ1) is 12.6. The van der Waals surface area contributed by atoms with Gasteiger partial charge in [0.25, 0.3) is 0 Å². The van der Waals surface area contributed by atoms with Crippen LogP contribution in [0, 0.1) is 6.92 Å². The molecule has 18 heavy (non-hydrogen) atoms. The van der Waals surface area contributed by atoms with E-state index in [-0.39, 0.29) is 12.0 Å². The van der Waals surface area contributed by atoms with Gasteiger partial charge in [0.05, 0.1) is 12.7 Å². The maximum atomic E-state index is 11.5. The highest BCUT2D eigenvalue weighted by Gasteiger charge is 2.23. The minimum absolute atomic E-state index is 0.0228. The van der Waals surface area contributed by atoms with Gasteiger partial charge >= 0.3 is 0 Å². The molecule has 2 rings (SSSR count). The number of carbonyl (C=O) groups is 1. The quantitative estimate of drug-likeness (QED) is 0.765. The fourth-order valence-electron chi connectivity index (χ4n) is 2.08. The van der Waals surface area contributed by atoms with Crippen molar-refractivity contribution in [2.24, 2.45) is 0 Å². The van der Waals surface area contributed by atoms with Gasteiger partial charge in [-0.2, -0.15) is 0 Å². The van der Waals surface area contributed by atoms with Crippen LogP contribution in [0.3, 0.4) is 0 Å². The van der Waals surface area contributed by atoms with Crippen molar-refractivity contribution in [2.45, 2.75) is 25.9 Å². The number of carbonyl (C=O) groups excluding carboxylic acids is 1. The minimum atomic E-state index is -0.0228. The zero-order chi connectivity index (χ0) is 13.0. The van der Waals surface area contributed by atoms with E-state index in [1.807, 2.05) is 19.1 Å². The molecule has 1 fully saturated rings. The molecule has 0 aliphatic carbocycles. The van der Waals surface area contributed by atoms with Crippen molar-refractivity contribution in [3.05, 3.63) is 36.7 Å². The monoisotopic (exact) mass is 246 g/mol. The molecular weight excluding hydrogens is 228 g/mol. The lowest BCUT2D eigenvalue weighted by Crippen LogP contribution is -2.43. The van der Waals surface area contributed by atoms with E-state index in [4.69, 9.17) is 4.74 Å². The van der Waals surface area contributed by atoms with Gasteiger partial charge in [0, 0.05) is 12.2 Å². The Balaban J connectivity index is 1.95. The van der Waals surface area contributed by atoms with Gasteiger partial charge < -0.3 is 9.64 Å². The number of pyridine rings is 1. The van der Waals surface area contributed by atoms with Crippen molar-refractivity contribution < 1.29 is 9.53 Å². The van der Waals surface area contributed by atoms with Gasteiger partial charge in [-0.3, -0.25) is 9.78 Å². The van der Waals surface area contributed by atoms with Gasteiger partial charge in [-0.05, 0) is 38.0 Å². The molecule has 1 aliphatic heterocycles. The van der Waals surface area contributed by atoms with Crippen LogP contribution < -0.4 is 4.74 Å². The van der Waals surface area contributed by atoms with Crippen LogP contribution in [0.5, 0.6) is 5.75 Å². The SMILES string of the molecule is C=CC(=O)N1CCCC(Oc2ccc(C)nc2)C1. The van der Waals surface area contributed by atoms with Crippen molar-refractivity contribution in [3.8, 4) is 5.75 Å². The summed E-state index contributed by atoms with van der Waals surface area (Å²) in [5.41, 5.74) is 0.967. The lowest BCUT2D eigenvalue weighted by atomic mass is 10.1. The van der Waals surface area contributed by atoms with Crippen molar-refractivity contribution in [3.63, 3.8) is 0 Å². The molecule has 1 aromatic heterocycles. The first-order valence-electron chi connectivity index (χ1n) is 6.19. The van der Waals surface area contributed by atoms with E-state index in [9.17, 15) is 4.79 Å². The third-order valence-electron chi connectivity index (χ3n) is 3.05. The highest BCUT2D eigenvalue weighted by molar-refractivity contribution is 5.87. The molecule has 1 atom stereocenters. The van der Waals surface area contributed by atoms with E-state index >= 15 is 0 Å². The molecule has 4 heteroatoms. The molecule has 0 bridgehead atoms. The Hall–Kier alpha value is -1.84. The van der Waals surface area contributed by atoms with Gasteiger partial charge in [-0.1, -0.05) is 6.58 Å². The fourth-order valence-corrected chi connectivity index (χ4v) is 2.08. The number of rotatable bonds is 3. The number of hydrogen-bond donors (Lipinski definition) is 0. The smallest absolute Gasteiger partial charge is 0.246 e. The second-order valence-electron chi connectivity index (χ2n) is 4.51. The average Bonchev–Trinajstić information content (AvgIpc) is 2.41. The summed E-state index contributed by atoms with van der Waals surface area (Å²) in [6.45, 7) is 6.86. The van der Waals surface area contributed by atoms with Crippen molar-refractivity contribution in [1.29, 1.82) is 0 Å². The number of aromatic nitrogens is 1. The summed E-state index contributed by atoms with van der Waals surface area (Å²) in [5, 5.41) is 0. The van der Waals surface area contributed by atoms with Gasteiger partial charge in [0.2, 0.25) is 5.91 Å². The van der Waals surface area contributed by atoms with Crippen LogP contribution in [-0.4, -0.2) is 35.0 Å². The number of aryl methyl sites for hydroxylation is 1. The van der Waals surface area contributed by atoms with E-state index in [0.29, 0.717) is 6.54 Å². The summed E-state index contributed by atoms with van der Waals surface area (Å²) in [6.07, 6.45) is 5.06. The first-order chi connectivity index (χ1) is 8.69. The molecule has 1 aromatic rings. The maximum absolute atomic E-state index is 11.5. The highest BCUT2D eigenvalue weighted by Crippen LogP contribution is 2.18. The van der Waals surface area contributed by atoms with Crippen LogP contribution in [0.1, 0.15) is 18.5 Å². The van der Waals surface area contributed by atoms with Gasteiger partial charge in [0.15, 0.2) is 0 Å². The number of ether oxygens (including phenoxy) is 1. The summed E-state index contributed by atoms with van der Waals surface area (Å²) in [6, 6.07) is 3.83. The zero-order valence-electron chi connectivity index (χ0n) is 10.6. The Morgan fingerprint density at radius 1 is 1.61 bits per heavy atom. The standard InChI is InChI=1S/C14H18N2O2/c1-3-14(17)16-8-4-5-13(10-16)18-12-7-6-11(2)15-9-12/h3,6-7,9,13H,1,4-5,8,10H2,2H3. The largest absolute Gasteiger partial charge is 0.487 e. The van der Waals surface area contributed by atoms with E-state index in [2.05, 4.69) is 11.6 Å². The molecule has 4 nitrogen and oxygen atoms in total. The van der Waals surface area contributed by atoms with Crippen LogP contribution in [-0.2, 0) is 4.79 Å². The third-order valence-corrected chi connectivity index (χ3v) is 3.05. The molecule has 0 N–H and O–H groups in total. The van der Waals surface area contributed by atoms with Crippen LogP contribution in [0.2, 0.25) is 0 Å². The summed E-state index contributed by atoms with van der Waals surface area (Å²) in [5.74, 6) is 0.740. The predicted molar refractivity (Wildman–Crippen MR) is 69.4 cm³/mol. The van der Waals surface area contributed by atoms with Gasteiger partial charge in [-0.15, -0.1) is 0 Å². The zero-order valence-corrected chi connectivity index (χ0v) is 10.6. The molecule has 0 spiro atoms. The normalized spacial score (nSPS) is 19.4. The molecule has 96 valence electrons. The Morgan fingerprint density at radius 3 is 3.11 bits per heavy atom. The molecular formula is C14H18N2O2. The Labute approximate surface area is 107 Å². The van der Waals surface area contributed by atoms with Crippen molar-refractivity contribution in [2.75, 3.05) is 13.1 Å². The average molecular weight is 246 g/mol. The molecule has 1 unspecified atom stereocenters. The number of piperidine rings is 1. The summed E-state index contributed by atoms with van der Waals surface area (Å²) < 4.78 is 5.84. The molecule has 1 amide bonds. The first-order valence-corrected chi connectivity index (χ1v) is 6.19. The van der Waals surface area contributed by atoms with Crippen LogP contribution >= 0.6 is 0 Å². The highest BCUT2D eigenvalue weighted by atomic mass is 16.5. The van der Waals surface area contributed by atoms with Gasteiger partial charge in [-0.25, -0.2) is 0 Å². The van der Waals surface area contributed by atoms with Crippen LogP contribution in [0.4, 0.5) is 0 Å². The van der Waals surface area contributed by atoms with E-state index in [0.717, 1.165) is 30.8 Å². The summed E-state index contributed by atoms with van der Waals surface area (Å²) in [4.78, 5) is 17.5. The molecule has 1 aliphatic rings. The molecule has 0 saturated carbocycles. The van der Waals surface area contributed by atoms with E-state index in [1.54, 1.807) is 11.1 Å². The fraction of sp³-hybridized carbons (Fsp3) is 0.429. The maximum Gasteiger partial charge on any atom is 0.246 e.